The molecule has 1 aromatic carbocycles. The van der Waals surface area contributed by atoms with Gasteiger partial charge in [0.1, 0.15) is 10.6 Å². The van der Waals surface area contributed by atoms with Gasteiger partial charge in [0.25, 0.3) is 0 Å². The summed E-state index contributed by atoms with van der Waals surface area (Å²) in [6, 6.07) is 3.20. The van der Waals surface area contributed by atoms with Gasteiger partial charge in [-0.1, -0.05) is 11.6 Å². The number of hydrogen-bond acceptors (Lipinski definition) is 5. The van der Waals surface area contributed by atoms with Crippen molar-refractivity contribution in [2.45, 2.75) is 37.2 Å². The van der Waals surface area contributed by atoms with Crippen LogP contribution in [0, 0.1) is 6.92 Å². The average molecular weight is 403 g/mol. The molecule has 0 aliphatic carbocycles. The number of benzene rings is 1. The Morgan fingerprint density at radius 3 is 2.58 bits per heavy atom. The normalized spacial score (nSPS) is 21.8. The van der Waals surface area contributed by atoms with Crippen molar-refractivity contribution in [3.8, 4) is 5.75 Å². The van der Waals surface area contributed by atoms with E-state index in [1.165, 1.54) is 10.4 Å². The highest BCUT2D eigenvalue weighted by Crippen LogP contribution is 2.36. The molecule has 2 aliphatic heterocycles. The third-order valence-electron chi connectivity index (χ3n) is 5.22. The minimum atomic E-state index is -3.67. The van der Waals surface area contributed by atoms with E-state index in [1.807, 2.05) is 13.8 Å². The van der Waals surface area contributed by atoms with E-state index in [2.05, 4.69) is 11.9 Å². The Labute approximate surface area is 161 Å². The Kier molecular flexibility index (Phi) is 5.84. The molecule has 3 rings (SSSR count). The predicted molar refractivity (Wildman–Crippen MR) is 102 cm³/mol. The van der Waals surface area contributed by atoms with E-state index >= 15 is 0 Å². The van der Waals surface area contributed by atoms with E-state index in [1.54, 1.807) is 6.07 Å². The zero-order valence-electron chi connectivity index (χ0n) is 15.6. The molecule has 0 saturated carbocycles. The van der Waals surface area contributed by atoms with Crippen LogP contribution in [0.5, 0.6) is 5.75 Å². The van der Waals surface area contributed by atoms with Crippen molar-refractivity contribution in [2.24, 2.45) is 0 Å². The van der Waals surface area contributed by atoms with Crippen molar-refractivity contribution in [3.63, 3.8) is 0 Å². The van der Waals surface area contributed by atoms with Crippen LogP contribution < -0.4 is 4.74 Å². The van der Waals surface area contributed by atoms with Gasteiger partial charge in [-0.15, -0.1) is 0 Å². The summed E-state index contributed by atoms with van der Waals surface area (Å²) in [5, 5.41) is 0.428. The molecule has 0 bridgehead atoms. The molecule has 2 aliphatic rings. The second kappa shape index (κ2) is 7.64. The van der Waals surface area contributed by atoms with Crippen molar-refractivity contribution in [2.75, 3.05) is 46.4 Å². The summed E-state index contributed by atoms with van der Waals surface area (Å²) >= 11 is 6.20. The van der Waals surface area contributed by atoms with Gasteiger partial charge in [-0.3, -0.25) is 0 Å². The lowest BCUT2D eigenvalue weighted by atomic mass is 9.90. The molecule has 1 spiro atoms. The standard InChI is InChI=1S/C18H27ClN2O4S/c1-4-24-16-11-14(2)15(19)12-17(16)26(22,23)21-7-5-18(6-8-21)13-20(3)9-10-25-18/h11-12H,4-10,13H2,1-3H3. The summed E-state index contributed by atoms with van der Waals surface area (Å²) in [4.78, 5) is 2.40. The van der Waals surface area contributed by atoms with Crippen LogP contribution >= 0.6 is 11.6 Å². The molecule has 1 aromatic rings. The predicted octanol–water partition coefficient (Wildman–Crippen LogP) is 2.53. The van der Waals surface area contributed by atoms with Crippen LogP contribution in [0.2, 0.25) is 5.02 Å². The second-order valence-electron chi connectivity index (χ2n) is 7.15. The Morgan fingerprint density at radius 2 is 1.96 bits per heavy atom. The quantitative estimate of drug-likeness (QED) is 0.774. The Balaban J connectivity index is 1.83. The topological polar surface area (TPSA) is 59.1 Å². The van der Waals surface area contributed by atoms with Gasteiger partial charge < -0.3 is 14.4 Å². The molecule has 6 nitrogen and oxygen atoms in total. The first-order chi connectivity index (χ1) is 12.3. The number of ether oxygens (including phenoxy) is 2. The number of nitrogens with zero attached hydrogens (tertiary/aromatic N) is 2. The van der Waals surface area contributed by atoms with Gasteiger partial charge in [0.2, 0.25) is 10.0 Å². The van der Waals surface area contributed by atoms with E-state index in [0.29, 0.717) is 49.9 Å². The Bertz CT molecular complexity index is 761. The first-order valence-corrected chi connectivity index (χ1v) is 10.8. The molecule has 8 heteroatoms. The average Bonchev–Trinajstić information content (AvgIpc) is 2.58. The number of hydrogen-bond donors (Lipinski definition) is 0. The van der Waals surface area contributed by atoms with Crippen molar-refractivity contribution in [1.82, 2.24) is 9.21 Å². The third kappa shape index (κ3) is 3.87. The maximum atomic E-state index is 13.2. The summed E-state index contributed by atoms with van der Waals surface area (Å²) in [6.07, 6.45) is 1.39. The molecular weight excluding hydrogens is 376 g/mol. The number of piperidine rings is 1. The molecule has 2 fully saturated rings. The zero-order valence-corrected chi connectivity index (χ0v) is 17.2. The van der Waals surface area contributed by atoms with Gasteiger partial charge >= 0.3 is 0 Å². The summed E-state index contributed by atoms with van der Waals surface area (Å²) < 4.78 is 39.6. The van der Waals surface area contributed by atoms with Crippen LogP contribution in [0.25, 0.3) is 0 Å². The Hall–Kier alpha value is -0.860. The van der Waals surface area contributed by atoms with Gasteiger partial charge in [-0.2, -0.15) is 4.31 Å². The molecule has 0 N–H and O–H groups in total. The number of morpholine rings is 1. The zero-order chi connectivity index (χ0) is 18.9. The molecule has 0 atom stereocenters. The summed E-state index contributed by atoms with van der Waals surface area (Å²) in [5.74, 6) is 0.364. The molecule has 2 saturated heterocycles. The SMILES string of the molecule is CCOc1cc(C)c(Cl)cc1S(=O)(=O)N1CCC2(CC1)CN(C)CCO2. The number of aryl methyl sites for hydroxylation is 1. The third-order valence-corrected chi connectivity index (χ3v) is 7.54. The van der Waals surface area contributed by atoms with Crippen molar-refractivity contribution < 1.29 is 17.9 Å². The summed E-state index contributed by atoms with van der Waals surface area (Å²) in [5.41, 5.74) is 0.567. The van der Waals surface area contributed by atoms with Crippen LogP contribution in [-0.4, -0.2) is 69.7 Å². The fourth-order valence-corrected chi connectivity index (χ4v) is 5.53. The maximum absolute atomic E-state index is 13.2. The summed E-state index contributed by atoms with van der Waals surface area (Å²) in [6.45, 7) is 7.41. The van der Waals surface area contributed by atoms with Gasteiger partial charge in [0.15, 0.2) is 0 Å². The molecule has 146 valence electrons. The number of likely N-dealkylation sites (N-methyl/N-ethyl adjacent to an activating group) is 1. The first kappa shape index (κ1) is 19.9. The molecule has 26 heavy (non-hydrogen) atoms. The molecule has 2 heterocycles. The molecule has 0 unspecified atom stereocenters. The van der Waals surface area contributed by atoms with Crippen molar-refractivity contribution in [3.05, 3.63) is 22.7 Å². The van der Waals surface area contributed by atoms with E-state index in [-0.39, 0.29) is 10.5 Å². The van der Waals surface area contributed by atoms with Crippen LogP contribution in [0.4, 0.5) is 0 Å². The van der Waals surface area contributed by atoms with Crippen LogP contribution in [0.1, 0.15) is 25.3 Å². The van der Waals surface area contributed by atoms with Crippen LogP contribution in [0.15, 0.2) is 17.0 Å². The van der Waals surface area contributed by atoms with Gasteiger partial charge in [-0.25, -0.2) is 8.42 Å². The second-order valence-corrected chi connectivity index (χ2v) is 9.47. The van der Waals surface area contributed by atoms with Crippen molar-refractivity contribution in [1.29, 1.82) is 0 Å². The molecule has 0 radical (unpaired) electrons. The highest BCUT2D eigenvalue weighted by atomic mass is 35.5. The maximum Gasteiger partial charge on any atom is 0.246 e. The minimum absolute atomic E-state index is 0.146. The van der Waals surface area contributed by atoms with Crippen LogP contribution in [-0.2, 0) is 14.8 Å². The number of sulfonamides is 1. The fourth-order valence-electron chi connectivity index (χ4n) is 3.72. The monoisotopic (exact) mass is 402 g/mol. The van der Waals surface area contributed by atoms with Crippen molar-refractivity contribution >= 4 is 21.6 Å². The fraction of sp³-hybridized carbons (Fsp3) is 0.667. The summed E-state index contributed by atoms with van der Waals surface area (Å²) in [7, 11) is -1.59. The van der Waals surface area contributed by atoms with E-state index in [9.17, 15) is 8.42 Å². The number of halogens is 1. The van der Waals surface area contributed by atoms with Gasteiger partial charge in [-0.05, 0) is 51.4 Å². The Morgan fingerprint density at radius 1 is 1.27 bits per heavy atom. The lowest BCUT2D eigenvalue weighted by molar-refractivity contribution is -0.124. The van der Waals surface area contributed by atoms with Gasteiger partial charge in [0, 0.05) is 31.2 Å². The molecular formula is C18H27ClN2O4S. The van der Waals surface area contributed by atoms with E-state index in [0.717, 1.165) is 18.7 Å². The first-order valence-electron chi connectivity index (χ1n) is 9.03. The van der Waals surface area contributed by atoms with Crippen LogP contribution in [0.3, 0.4) is 0 Å². The minimum Gasteiger partial charge on any atom is -0.492 e. The smallest absolute Gasteiger partial charge is 0.246 e. The highest BCUT2D eigenvalue weighted by Gasteiger charge is 2.42. The highest BCUT2D eigenvalue weighted by molar-refractivity contribution is 7.89. The molecule has 0 amide bonds. The number of rotatable bonds is 4. The lowest BCUT2D eigenvalue weighted by Crippen LogP contribution is -2.56. The lowest BCUT2D eigenvalue weighted by Gasteiger charge is -2.46. The largest absolute Gasteiger partial charge is 0.492 e. The van der Waals surface area contributed by atoms with E-state index in [4.69, 9.17) is 21.1 Å². The molecule has 0 aromatic heterocycles. The van der Waals surface area contributed by atoms with Gasteiger partial charge in [0.05, 0.1) is 18.8 Å². The van der Waals surface area contributed by atoms with E-state index < -0.39 is 10.0 Å².